The lowest BCUT2D eigenvalue weighted by Crippen LogP contribution is -2.39. The van der Waals surface area contributed by atoms with Crippen LogP contribution in [0.1, 0.15) is 0 Å². The van der Waals surface area contributed by atoms with Crippen molar-refractivity contribution in [3.05, 3.63) is 71.3 Å². The molecule has 9 heteroatoms. The largest absolute Gasteiger partial charge is 0.497 e. The summed E-state index contributed by atoms with van der Waals surface area (Å²) in [6, 6.07) is 16.2. The van der Waals surface area contributed by atoms with Crippen molar-refractivity contribution in [2.75, 3.05) is 27.3 Å². The molecule has 0 atom stereocenters. The van der Waals surface area contributed by atoms with Crippen LogP contribution in [0.25, 0.3) is 22.6 Å². The van der Waals surface area contributed by atoms with Gasteiger partial charge in [0.1, 0.15) is 23.6 Å². The van der Waals surface area contributed by atoms with Gasteiger partial charge in [0.2, 0.25) is 0 Å². The fraction of sp³-hybridized carbons (Fsp3) is 0.217. The molecule has 4 rings (SSSR count). The predicted molar refractivity (Wildman–Crippen MR) is 120 cm³/mol. The van der Waals surface area contributed by atoms with E-state index < -0.39 is 11.7 Å². The Morgan fingerprint density at radius 3 is 2.59 bits per heavy atom. The first-order valence-corrected chi connectivity index (χ1v) is 10.0. The molecule has 0 aliphatic rings. The van der Waals surface area contributed by atoms with Crippen molar-refractivity contribution in [1.29, 1.82) is 0 Å². The van der Waals surface area contributed by atoms with Crippen LogP contribution in [0, 0.1) is 0 Å². The number of methoxy groups -OCH3 is 1. The first kappa shape index (κ1) is 21.1. The third-order valence-electron chi connectivity index (χ3n) is 5.07. The third-order valence-corrected chi connectivity index (χ3v) is 5.07. The van der Waals surface area contributed by atoms with E-state index in [-0.39, 0.29) is 0 Å². The minimum atomic E-state index is -0.488. The molecule has 0 N–H and O–H groups in total. The Bertz CT molecular complexity index is 1310. The van der Waals surface area contributed by atoms with E-state index in [0.29, 0.717) is 41.6 Å². The van der Waals surface area contributed by atoms with Gasteiger partial charge in [0, 0.05) is 19.7 Å². The predicted octanol–water partition coefficient (Wildman–Crippen LogP) is 2.78. The third kappa shape index (κ3) is 4.04. The zero-order chi connectivity index (χ0) is 22.7. The second-order valence-electron chi connectivity index (χ2n) is 7.18. The van der Waals surface area contributed by atoms with Crippen molar-refractivity contribution in [3.8, 4) is 22.9 Å². The number of imidazole rings is 1. The van der Waals surface area contributed by atoms with E-state index in [1.807, 2.05) is 54.6 Å². The number of carbonyl (C=O) groups excluding carboxylic acids is 1. The topological polar surface area (TPSA) is 91.5 Å². The number of aryl methyl sites for hydroxylation is 1. The van der Waals surface area contributed by atoms with E-state index in [1.54, 1.807) is 21.2 Å². The number of ether oxygens (including phenoxy) is 2. The van der Waals surface area contributed by atoms with Crippen LogP contribution in [0.5, 0.6) is 11.5 Å². The standard InChI is InChI=1S/C23H23N5O4/c1-26(12-13-32-17-9-5-4-6-10-17)22(29)28-19-15-24-20(25-21(19)27(2)23(28)30)16-8-7-11-18(14-16)31-3/h4-11,14-15H,12-13H2,1-3H3. The van der Waals surface area contributed by atoms with Gasteiger partial charge in [-0.3, -0.25) is 4.57 Å². The zero-order valence-corrected chi connectivity index (χ0v) is 18.1. The van der Waals surface area contributed by atoms with Crippen molar-refractivity contribution in [2.45, 2.75) is 0 Å². The van der Waals surface area contributed by atoms with Gasteiger partial charge in [-0.2, -0.15) is 0 Å². The molecule has 0 spiro atoms. The van der Waals surface area contributed by atoms with Gasteiger partial charge in [0.05, 0.1) is 19.9 Å². The van der Waals surface area contributed by atoms with E-state index in [1.165, 1.54) is 15.7 Å². The molecule has 1 amide bonds. The van der Waals surface area contributed by atoms with Gasteiger partial charge in [0.25, 0.3) is 0 Å². The van der Waals surface area contributed by atoms with Crippen molar-refractivity contribution in [3.63, 3.8) is 0 Å². The lowest BCUT2D eigenvalue weighted by molar-refractivity contribution is 0.197. The Morgan fingerprint density at radius 2 is 1.84 bits per heavy atom. The Morgan fingerprint density at radius 1 is 1.09 bits per heavy atom. The molecule has 2 aromatic carbocycles. The lowest BCUT2D eigenvalue weighted by atomic mass is 10.2. The van der Waals surface area contributed by atoms with E-state index in [4.69, 9.17) is 9.47 Å². The summed E-state index contributed by atoms with van der Waals surface area (Å²) in [6.45, 7) is 0.599. The molecule has 2 heterocycles. The SMILES string of the molecule is COc1cccc(-c2ncc3c(n2)n(C)c(=O)n3C(=O)N(C)CCOc2ccccc2)c1. The number of likely N-dealkylation sites (N-methyl/N-ethyl adjacent to an activating group) is 1. The fourth-order valence-corrected chi connectivity index (χ4v) is 3.28. The van der Waals surface area contributed by atoms with Crippen molar-refractivity contribution in [1.82, 2.24) is 24.0 Å². The normalized spacial score (nSPS) is 10.8. The summed E-state index contributed by atoms with van der Waals surface area (Å²) in [7, 11) is 4.78. The average Bonchev–Trinajstić information content (AvgIpc) is 3.08. The Hall–Kier alpha value is -4.14. The molecule has 0 aliphatic heterocycles. The molecular weight excluding hydrogens is 410 g/mol. The highest BCUT2D eigenvalue weighted by atomic mass is 16.5. The molecule has 0 radical (unpaired) electrons. The van der Waals surface area contributed by atoms with Gasteiger partial charge in [-0.25, -0.2) is 24.1 Å². The molecule has 0 aliphatic carbocycles. The minimum absolute atomic E-state index is 0.294. The Labute approximate surface area is 184 Å². The van der Waals surface area contributed by atoms with Gasteiger partial charge in [-0.05, 0) is 24.3 Å². The minimum Gasteiger partial charge on any atom is -0.497 e. The summed E-state index contributed by atoms with van der Waals surface area (Å²) in [5.74, 6) is 1.82. The van der Waals surface area contributed by atoms with E-state index in [9.17, 15) is 9.59 Å². The van der Waals surface area contributed by atoms with Gasteiger partial charge in [-0.15, -0.1) is 0 Å². The van der Waals surface area contributed by atoms with Crippen LogP contribution in [0.2, 0.25) is 0 Å². The van der Waals surface area contributed by atoms with Crippen LogP contribution in [0.15, 0.2) is 65.6 Å². The number of hydrogen-bond donors (Lipinski definition) is 0. The van der Waals surface area contributed by atoms with Crippen LogP contribution in [-0.4, -0.2) is 57.3 Å². The smallest absolute Gasteiger partial charge is 0.338 e. The van der Waals surface area contributed by atoms with Crippen molar-refractivity contribution in [2.24, 2.45) is 7.05 Å². The number of aromatic nitrogens is 4. The Kier molecular flexibility index (Phi) is 5.89. The lowest BCUT2D eigenvalue weighted by Gasteiger charge is -2.17. The van der Waals surface area contributed by atoms with Crippen molar-refractivity contribution < 1.29 is 14.3 Å². The highest BCUT2D eigenvalue weighted by Gasteiger charge is 2.22. The van der Waals surface area contributed by atoms with Crippen molar-refractivity contribution >= 4 is 17.2 Å². The quantitative estimate of drug-likeness (QED) is 0.464. The number of hydrogen-bond acceptors (Lipinski definition) is 6. The van der Waals surface area contributed by atoms with E-state index in [0.717, 1.165) is 10.1 Å². The van der Waals surface area contributed by atoms with E-state index >= 15 is 0 Å². The first-order chi connectivity index (χ1) is 15.5. The molecule has 2 aromatic heterocycles. The molecular formula is C23H23N5O4. The molecule has 0 fully saturated rings. The van der Waals surface area contributed by atoms with Gasteiger partial charge in [0.15, 0.2) is 11.5 Å². The van der Waals surface area contributed by atoms with Crippen LogP contribution >= 0.6 is 0 Å². The number of rotatable bonds is 6. The summed E-state index contributed by atoms with van der Waals surface area (Å²) >= 11 is 0. The molecule has 164 valence electrons. The highest BCUT2D eigenvalue weighted by molar-refractivity contribution is 5.88. The fourth-order valence-electron chi connectivity index (χ4n) is 3.28. The number of para-hydroxylation sites is 1. The maximum atomic E-state index is 13.0. The van der Waals surface area contributed by atoms with Crippen LogP contribution in [0.4, 0.5) is 4.79 Å². The number of carbonyl (C=O) groups is 1. The maximum absolute atomic E-state index is 13.0. The van der Waals surface area contributed by atoms with Gasteiger partial charge < -0.3 is 14.4 Å². The summed E-state index contributed by atoms with van der Waals surface area (Å²) in [4.78, 5) is 36.2. The van der Waals surface area contributed by atoms with Gasteiger partial charge >= 0.3 is 11.7 Å². The summed E-state index contributed by atoms with van der Waals surface area (Å²) < 4.78 is 13.3. The number of nitrogens with zero attached hydrogens (tertiary/aromatic N) is 5. The highest BCUT2D eigenvalue weighted by Crippen LogP contribution is 2.22. The molecule has 0 bridgehead atoms. The first-order valence-electron chi connectivity index (χ1n) is 10.0. The second-order valence-corrected chi connectivity index (χ2v) is 7.18. The van der Waals surface area contributed by atoms with Crippen LogP contribution in [0.3, 0.4) is 0 Å². The summed E-state index contributed by atoms with van der Waals surface area (Å²) in [5.41, 5.74) is 0.959. The number of fused-ring (bicyclic) bond motifs is 1. The van der Waals surface area contributed by atoms with Gasteiger partial charge in [-0.1, -0.05) is 30.3 Å². The monoisotopic (exact) mass is 433 g/mol. The molecule has 0 saturated carbocycles. The van der Waals surface area contributed by atoms with Crippen LogP contribution < -0.4 is 15.2 Å². The number of amides is 1. The maximum Gasteiger partial charge on any atom is 0.338 e. The summed E-state index contributed by atoms with van der Waals surface area (Å²) in [6.07, 6.45) is 1.49. The second kappa shape index (κ2) is 8.93. The number of benzene rings is 2. The molecule has 4 aromatic rings. The molecule has 9 nitrogen and oxygen atoms in total. The van der Waals surface area contributed by atoms with Crippen LogP contribution in [-0.2, 0) is 7.05 Å². The average molecular weight is 433 g/mol. The molecule has 0 unspecified atom stereocenters. The Balaban J connectivity index is 1.59. The zero-order valence-electron chi connectivity index (χ0n) is 18.1. The molecule has 32 heavy (non-hydrogen) atoms. The molecule has 0 saturated heterocycles. The summed E-state index contributed by atoms with van der Waals surface area (Å²) in [5, 5.41) is 0. The van der Waals surface area contributed by atoms with E-state index in [2.05, 4.69) is 9.97 Å².